The fourth-order valence-electron chi connectivity index (χ4n) is 4.75. The summed E-state index contributed by atoms with van der Waals surface area (Å²) < 4.78 is 7.54. The van der Waals surface area contributed by atoms with E-state index in [1.54, 1.807) is 14.0 Å². The van der Waals surface area contributed by atoms with Gasteiger partial charge in [-0.2, -0.15) is 0 Å². The Balaban J connectivity index is 1.56. The number of likely N-dealkylation sites (tertiary alicyclic amines) is 1. The second-order valence-electron chi connectivity index (χ2n) is 9.01. The highest BCUT2D eigenvalue weighted by molar-refractivity contribution is 5.94. The van der Waals surface area contributed by atoms with Crippen LogP contribution in [0.5, 0.6) is 5.75 Å². The number of carbonyl (C=O) groups excluding carboxylic acids is 2. The Kier molecular flexibility index (Phi) is 6.36. The molecule has 3 heterocycles. The van der Waals surface area contributed by atoms with Crippen molar-refractivity contribution in [3.8, 4) is 28.1 Å². The fraction of sp³-hybridized carbons (Fsp3) is 0.276. The minimum absolute atomic E-state index is 0.0505. The number of methoxy groups -OCH3 is 1. The number of amides is 1. The fourth-order valence-corrected chi connectivity index (χ4v) is 4.75. The molecule has 35 heavy (non-hydrogen) atoms. The number of hydrogen-bond donors (Lipinski definition) is 0. The van der Waals surface area contributed by atoms with Gasteiger partial charge in [-0.15, -0.1) is 0 Å². The summed E-state index contributed by atoms with van der Waals surface area (Å²) in [6, 6.07) is 19.6. The van der Waals surface area contributed by atoms with Crippen molar-refractivity contribution in [1.82, 2.24) is 14.3 Å². The third kappa shape index (κ3) is 4.69. The molecule has 0 atom stereocenters. The van der Waals surface area contributed by atoms with Crippen LogP contribution < -0.4 is 4.74 Å². The normalized spacial score (nSPS) is 13.4. The lowest BCUT2D eigenvalue weighted by molar-refractivity contribution is -0.130. The van der Waals surface area contributed by atoms with Crippen molar-refractivity contribution in [2.24, 2.45) is 0 Å². The first-order valence-corrected chi connectivity index (χ1v) is 12.1. The zero-order valence-electron chi connectivity index (χ0n) is 20.2. The van der Waals surface area contributed by atoms with E-state index in [1.165, 1.54) is 0 Å². The molecule has 178 valence electrons. The van der Waals surface area contributed by atoms with Crippen LogP contribution in [0.15, 0.2) is 66.9 Å². The first-order valence-electron chi connectivity index (χ1n) is 12.1. The molecule has 0 radical (unpaired) electrons. The molecule has 1 saturated heterocycles. The molecule has 1 aliphatic rings. The number of aromatic nitrogens is 2. The minimum atomic E-state index is 0.0505. The van der Waals surface area contributed by atoms with E-state index in [2.05, 4.69) is 10.6 Å². The molecule has 2 aromatic heterocycles. The number of benzene rings is 2. The summed E-state index contributed by atoms with van der Waals surface area (Å²) >= 11 is 0. The molecule has 6 heteroatoms. The Labute approximate surface area is 205 Å². The molecule has 2 aromatic carbocycles. The lowest BCUT2D eigenvalue weighted by atomic mass is 10.0. The standard InChI is InChI=1S/C29H29N3O3/c1-20(33)21-8-10-22(11-9-21)24-12-14-27-30-29(23-6-5-7-25(18-23)35-2)26(32(27)19-24)13-15-28(34)31-16-3-4-17-31/h5-12,14,18-19H,3-4,13,15-17H2,1-2H3. The van der Waals surface area contributed by atoms with Crippen molar-refractivity contribution in [2.45, 2.75) is 32.6 Å². The molecule has 5 rings (SSSR count). The Bertz CT molecular complexity index is 1380. The summed E-state index contributed by atoms with van der Waals surface area (Å²) in [5.74, 6) is 1.02. The SMILES string of the molecule is COc1cccc(-c2nc3ccc(-c4ccc(C(C)=O)cc4)cn3c2CCC(=O)N2CCCC2)c1. The molecule has 1 aliphatic heterocycles. The Hall–Kier alpha value is -3.93. The van der Waals surface area contributed by atoms with E-state index in [0.717, 1.165) is 65.4 Å². The first-order chi connectivity index (χ1) is 17.0. The number of fused-ring (bicyclic) bond motifs is 1. The van der Waals surface area contributed by atoms with Crippen LogP contribution in [0.2, 0.25) is 0 Å². The summed E-state index contributed by atoms with van der Waals surface area (Å²) in [6.45, 7) is 3.28. The van der Waals surface area contributed by atoms with Crippen LogP contribution in [-0.4, -0.2) is 46.2 Å². The molecule has 0 saturated carbocycles. The number of aryl methyl sites for hydroxylation is 1. The third-order valence-electron chi connectivity index (χ3n) is 6.72. The van der Waals surface area contributed by atoms with Gasteiger partial charge in [-0.05, 0) is 61.6 Å². The molecular formula is C29H29N3O3. The van der Waals surface area contributed by atoms with Crippen molar-refractivity contribution in [2.75, 3.05) is 20.2 Å². The lowest BCUT2D eigenvalue weighted by Crippen LogP contribution is -2.27. The molecule has 0 aliphatic carbocycles. The highest BCUT2D eigenvalue weighted by atomic mass is 16.5. The van der Waals surface area contributed by atoms with Crippen LogP contribution in [0.25, 0.3) is 28.0 Å². The molecule has 0 unspecified atom stereocenters. The molecule has 4 aromatic rings. The molecule has 6 nitrogen and oxygen atoms in total. The number of ether oxygens (including phenoxy) is 1. The Morgan fingerprint density at radius 1 is 0.943 bits per heavy atom. The molecule has 1 fully saturated rings. The summed E-state index contributed by atoms with van der Waals surface area (Å²) in [5, 5.41) is 0. The largest absolute Gasteiger partial charge is 0.497 e. The molecule has 1 amide bonds. The monoisotopic (exact) mass is 467 g/mol. The van der Waals surface area contributed by atoms with Crippen LogP contribution in [0, 0.1) is 0 Å². The number of imidazole rings is 1. The molecule has 0 N–H and O–H groups in total. The molecule has 0 bridgehead atoms. The van der Waals surface area contributed by atoms with Gasteiger partial charge in [0.15, 0.2) is 5.78 Å². The van der Waals surface area contributed by atoms with Gasteiger partial charge >= 0.3 is 0 Å². The van der Waals surface area contributed by atoms with Crippen LogP contribution in [0.4, 0.5) is 0 Å². The summed E-state index contributed by atoms with van der Waals surface area (Å²) in [4.78, 5) is 31.4. The second-order valence-corrected chi connectivity index (χ2v) is 9.01. The zero-order valence-corrected chi connectivity index (χ0v) is 20.2. The van der Waals surface area contributed by atoms with Gasteiger partial charge in [-0.1, -0.05) is 36.4 Å². The van der Waals surface area contributed by atoms with Gasteiger partial charge in [0.1, 0.15) is 11.4 Å². The van der Waals surface area contributed by atoms with Gasteiger partial charge in [0.2, 0.25) is 5.91 Å². The first kappa shape index (κ1) is 22.8. The van der Waals surface area contributed by atoms with Gasteiger partial charge < -0.3 is 14.0 Å². The number of rotatable bonds is 7. The lowest BCUT2D eigenvalue weighted by Gasteiger charge is -2.15. The van der Waals surface area contributed by atoms with Crippen LogP contribution in [0.3, 0.4) is 0 Å². The predicted molar refractivity (Wildman–Crippen MR) is 137 cm³/mol. The number of hydrogen-bond acceptors (Lipinski definition) is 4. The molecule has 0 spiro atoms. The van der Waals surface area contributed by atoms with Gasteiger partial charge in [-0.25, -0.2) is 4.98 Å². The van der Waals surface area contributed by atoms with E-state index in [-0.39, 0.29) is 11.7 Å². The van der Waals surface area contributed by atoms with Crippen molar-refractivity contribution in [3.05, 3.63) is 78.1 Å². The second kappa shape index (κ2) is 9.74. The number of carbonyl (C=O) groups is 2. The smallest absolute Gasteiger partial charge is 0.222 e. The highest BCUT2D eigenvalue weighted by Crippen LogP contribution is 2.30. The maximum absolute atomic E-state index is 12.8. The van der Waals surface area contributed by atoms with Crippen molar-refractivity contribution < 1.29 is 14.3 Å². The zero-order chi connectivity index (χ0) is 24.4. The number of Topliss-reactive ketones (excluding diaryl/α,β-unsaturated/α-hetero) is 1. The number of pyridine rings is 1. The Morgan fingerprint density at radius 2 is 1.69 bits per heavy atom. The summed E-state index contributed by atoms with van der Waals surface area (Å²) in [5.41, 5.74) is 6.39. The van der Waals surface area contributed by atoms with E-state index in [9.17, 15) is 9.59 Å². The average molecular weight is 468 g/mol. The number of nitrogens with zero attached hydrogens (tertiary/aromatic N) is 3. The van der Waals surface area contributed by atoms with Gasteiger partial charge in [0, 0.05) is 36.8 Å². The highest BCUT2D eigenvalue weighted by Gasteiger charge is 2.21. The van der Waals surface area contributed by atoms with E-state index < -0.39 is 0 Å². The van der Waals surface area contributed by atoms with E-state index in [4.69, 9.17) is 9.72 Å². The summed E-state index contributed by atoms with van der Waals surface area (Å²) in [6.07, 6.45) is 5.28. The molecular weight excluding hydrogens is 438 g/mol. The summed E-state index contributed by atoms with van der Waals surface area (Å²) in [7, 11) is 1.65. The van der Waals surface area contributed by atoms with Crippen LogP contribution in [-0.2, 0) is 11.2 Å². The maximum atomic E-state index is 12.8. The Morgan fingerprint density at radius 3 is 2.40 bits per heavy atom. The topological polar surface area (TPSA) is 63.9 Å². The number of ketones is 1. The third-order valence-corrected chi connectivity index (χ3v) is 6.72. The van der Waals surface area contributed by atoms with Crippen molar-refractivity contribution in [1.29, 1.82) is 0 Å². The van der Waals surface area contributed by atoms with Gasteiger partial charge in [0.25, 0.3) is 0 Å². The quantitative estimate of drug-likeness (QED) is 0.340. The maximum Gasteiger partial charge on any atom is 0.222 e. The van der Waals surface area contributed by atoms with Crippen molar-refractivity contribution in [3.63, 3.8) is 0 Å². The van der Waals surface area contributed by atoms with Crippen LogP contribution >= 0.6 is 0 Å². The van der Waals surface area contributed by atoms with E-state index in [0.29, 0.717) is 18.4 Å². The minimum Gasteiger partial charge on any atom is -0.497 e. The average Bonchev–Trinajstić information content (AvgIpc) is 3.55. The van der Waals surface area contributed by atoms with Crippen molar-refractivity contribution >= 4 is 17.3 Å². The van der Waals surface area contributed by atoms with E-state index >= 15 is 0 Å². The van der Waals surface area contributed by atoms with E-state index in [1.807, 2.05) is 65.6 Å². The van der Waals surface area contributed by atoms with Gasteiger partial charge in [0.05, 0.1) is 18.5 Å². The van der Waals surface area contributed by atoms with Gasteiger partial charge in [-0.3, -0.25) is 9.59 Å². The predicted octanol–water partition coefficient (Wildman–Crippen LogP) is 5.43. The van der Waals surface area contributed by atoms with Crippen LogP contribution in [0.1, 0.15) is 42.2 Å².